The molecule has 3 saturated carbocycles. The van der Waals surface area contributed by atoms with Crippen LogP contribution in [0, 0.1) is 10.8 Å². The lowest BCUT2D eigenvalue weighted by atomic mass is 9.53. The molecule has 1 aliphatic heterocycles. The summed E-state index contributed by atoms with van der Waals surface area (Å²) in [7, 11) is 0. The smallest absolute Gasteiger partial charge is 0.274 e. The van der Waals surface area contributed by atoms with Gasteiger partial charge in [-0.25, -0.2) is 0 Å². The van der Waals surface area contributed by atoms with Crippen LogP contribution >= 0.6 is 0 Å². The highest BCUT2D eigenvalue weighted by atomic mass is 16.3. The van der Waals surface area contributed by atoms with Gasteiger partial charge in [0, 0.05) is 42.9 Å². The zero-order chi connectivity index (χ0) is 21.7. The summed E-state index contributed by atoms with van der Waals surface area (Å²) in [6.07, 6.45) is 4.91. The molecule has 2 heterocycles. The van der Waals surface area contributed by atoms with Gasteiger partial charge in [0.15, 0.2) is 11.4 Å². The van der Waals surface area contributed by atoms with Gasteiger partial charge in [-0.3, -0.25) is 14.4 Å². The number of pyridine rings is 1. The summed E-state index contributed by atoms with van der Waals surface area (Å²) >= 11 is 0. The topological polar surface area (TPSA) is 112 Å². The van der Waals surface area contributed by atoms with Gasteiger partial charge in [-0.05, 0) is 57.8 Å². The highest BCUT2D eigenvalue weighted by Crippen LogP contribution is 2.56. The van der Waals surface area contributed by atoms with Gasteiger partial charge in [0.25, 0.3) is 5.91 Å². The molecule has 3 N–H and O–H groups in total. The molecule has 1 aromatic heterocycles. The van der Waals surface area contributed by atoms with Crippen molar-refractivity contribution in [2.24, 2.45) is 10.8 Å². The van der Waals surface area contributed by atoms with E-state index in [9.17, 15) is 24.6 Å². The summed E-state index contributed by atoms with van der Waals surface area (Å²) < 4.78 is 1.66. The van der Waals surface area contributed by atoms with Crippen molar-refractivity contribution in [2.45, 2.75) is 71.5 Å². The number of aliphatic hydroxyl groups excluding tert-OH is 1. The molecular formula is C22H31N3O5. The number of nitrogens with zero attached hydrogens (tertiary/aromatic N) is 2. The third kappa shape index (κ3) is 3.21. The Balaban J connectivity index is 1.54. The molecule has 2 bridgehead atoms. The minimum atomic E-state index is -0.606. The molecule has 0 aromatic carbocycles. The number of aliphatic hydroxyl groups is 1. The van der Waals surface area contributed by atoms with E-state index in [-0.39, 0.29) is 42.1 Å². The molecule has 0 saturated heterocycles. The van der Waals surface area contributed by atoms with E-state index in [0.717, 1.165) is 38.5 Å². The lowest BCUT2D eigenvalue weighted by Crippen LogP contribution is -2.51. The fourth-order valence-electron chi connectivity index (χ4n) is 5.44. The van der Waals surface area contributed by atoms with E-state index in [0.29, 0.717) is 18.8 Å². The van der Waals surface area contributed by atoms with Crippen LogP contribution in [0.4, 0.5) is 0 Å². The van der Waals surface area contributed by atoms with Crippen molar-refractivity contribution < 1.29 is 19.8 Å². The van der Waals surface area contributed by atoms with Crippen LogP contribution in [0.25, 0.3) is 0 Å². The highest BCUT2D eigenvalue weighted by Gasteiger charge is 2.51. The molecule has 1 aromatic rings. The highest BCUT2D eigenvalue weighted by molar-refractivity contribution is 5.96. The summed E-state index contributed by atoms with van der Waals surface area (Å²) in [6, 6.07) is 1.28. The van der Waals surface area contributed by atoms with Crippen LogP contribution < -0.4 is 10.7 Å². The Morgan fingerprint density at radius 3 is 2.33 bits per heavy atom. The van der Waals surface area contributed by atoms with Crippen molar-refractivity contribution in [1.29, 1.82) is 0 Å². The Morgan fingerprint density at radius 1 is 1.13 bits per heavy atom. The number of fused-ring (bicyclic) bond motifs is 4. The number of hydrogen-bond donors (Lipinski definition) is 3. The van der Waals surface area contributed by atoms with Gasteiger partial charge in [-0.2, -0.15) is 0 Å². The van der Waals surface area contributed by atoms with Crippen LogP contribution in [-0.4, -0.2) is 50.7 Å². The van der Waals surface area contributed by atoms with Gasteiger partial charge < -0.3 is 25.0 Å². The van der Waals surface area contributed by atoms with Crippen molar-refractivity contribution in [3.63, 3.8) is 0 Å². The summed E-state index contributed by atoms with van der Waals surface area (Å²) in [5, 5.41) is 22.9. The maximum Gasteiger partial charge on any atom is 0.274 e. The molecule has 0 spiro atoms. The van der Waals surface area contributed by atoms with Crippen LogP contribution in [0.15, 0.2) is 10.9 Å². The van der Waals surface area contributed by atoms with Gasteiger partial charge in [0.05, 0.1) is 6.54 Å². The van der Waals surface area contributed by atoms with E-state index >= 15 is 0 Å². The average molecular weight is 418 g/mol. The fourth-order valence-corrected chi connectivity index (χ4v) is 5.44. The Kier molecular flexibility index (Phi) is 5.16. The second kappa shape index (κ2) is 7.41. The third-order valence-corrected chi connectivity index (χ3v) is 7.67. The van der Waals surface area contributed by atoms with Crippen molar-refractivity contribution >= 4 is 11.8 Å². The SMILES string of the molecule is CC(C)N1CCn2c(CNC(=O)C34CCC(CO)(CC3)CC4)cc(=O)c(O)c2C1=O. The first-order valence-electron chi connectivity index (χ1n) is 10.9. The second-order valence-corrected chi connectivity index (χ2v) is 9.56. The molecule has 0 radical (unpaired) electrons. The van der Waals surface area contributed by atoms with Crippen LogP contribution in [0.5, 0.6) is 5.75 Å². The van der Waals surface area contributed by atoms with Crippen molar-refractivity contribution in [3.8, 4) is 5.75 Å². The van der Waals surface area contributed by atoms with Crippen LogP contribution in [0.3, 0.4) is 0 Å². The maximum atomic E-state index is 13.1. The molecule has 164 valence electrons. The Labute approximate surface area is 175 Å². The van der Waals surface area contributed by atoms with E-state index in [4.69, 9.17) is 0 Å². The van der Waals surface area contributed by atoms with Crippen molar-refractivity contribution in [3.05, 3.63) is 27.7 Å². The predicted octanol–water partition coefficient (Wildman–Crippen LogP) is 1.37. The van der Waals surface area contributed by atoms with Crippen molar-refractivity contribution in [2.75, 3.05) is 13.2 Å². The van der Waals surface area contributed by atoms with E-state index in [1.807, 2.05) is 13.8 Å². The third-order valence-electron chi connectivity index (χ3n) is 7.67. The fraction of sp³-hybridized carbons (Fsp3) is 0.682. The summed E-state index contributed by atoms with van der Waals surface area (Å²) in [6.45, 7) is 5.07. The number of aromatic nitrogens is 1. The van der Waals surface area contributed by atoms with Gasteiger partial charge in [0.1, 0.15) is 0 Å². The lowest BCUT2D eigenvalue weighted by molar-refractivity contribution is -0.142. The second-order valence-electron chi connectivity index (χ2n) is 9.56. The molecule has 3 fully saturated rings. The van der Waals surface area contributed by atoms with Crippen LogP contribution in [0.2, 0.25) is 0 Å². The molecule has 30 heavy (non-hydrogen) atoms. The predicted molar refractivity (Wildman–Crippen MR) is 110 cm³/mol. The Bertz CT molecular complexity index is 911. The Hall–Kier alpha value is -2.35. The summed E-state index contributed by atoms with van der Waals surface area (Å²) in [5.74, 6) is -0.911. The van der Waals surface area contributed by atoms with Gasteiger partial charge in [-0.1, -0.05) is 0 Å². The van der Waals surface area contributed by atoms with E-state index in [1.54, 1.807) is 9.47 Å². The minimum Gasteiger partial charge on any atom is -0.503 e. The molecule has 5 rings (SSSR count). The standard InChI is InChI=1S/C22H31N3O5/c1-14(2)24-9-10-25-15(11-16(27)18(28)17(25)19(24)29)12-23-20(30)22-6-3-21(13-26,4-7-22)5-8-22/h11,14,26,28H,3-10,12-13H2,1-2H3,(H,23,30). The quantitative estimate of drug-likeness (QED) is 0.670. The molecule has 8 nitrogen and oxygen atoms in total. The van der Waals surface area contributed by atoms with E-state index < -0.39 is 16.6 Å². The number of rotatable bonds is 5. The van der Waals surface area contributed by atoms with Crippen molar-refractivity contribution in [1.82, 2.24) is 14.8 Å². The number of carbonyl (C=O) groups is 2. The number of carbonyl (C=O) groups excluding carboxylic acids is 2. The monoisotopic (exact) mass is 417 g/mol. The first-order valence-corrected chi connectivity index (χ1v) is 10.9. The number of amides is 2. The molecule has 0 unspecified atom stereocenters. The number of nitrogens with one attached hydrogen (secondary N) is 1. The zero-order valence-electron chi connectivity index (χ0n) is 17.7. The number of aromatic hydroxyl groups is 1. The molecular weight excluding hydrogens is 386 g/mol. The minimum absolute atomic E-state index is 0.00593. The van der Waals surface area contributed by atoms with Gasteiger partial charge in [-0.15, -0.1) is 0 Å². The van der Waals surface area contributed by atoms with Gasteiger partial charge in [0.2, 0.25) is 11.3 Å². The molecule has 0 atom stereocenters. The first-order chi connectivity index (χ1) is 14.2. The first kappa shape index (κ1) is 20.9. The Morgan fingerprint density at radius 2 is 1.77 bits per heavy atom. The van der Waals surface area contributed by atoms with Crippen LogP contribution in [0.1, 0.15) is 68.6 Å². The van der Waals surface area contributed by atoms with E-state index in [2.05, 4.69) is 5.32 Å². The van der Waals surface area contributed by atoms with Gasteiger partial charge >= 0.3 is 0 Å². The van der Waals surface area contributed by atoms with E-state index in [1.165, 1.54) is 6.07 Å². The zero-order valence-corrected chi connectivity index (χ0v) is 17.7. The lowest BCUT2D eigenvalue weighted by Gasteiger charge is -2.51. The summed E-state index contributed by atoms with van der Waals surface area (Å²) in [5.41, 5.74) is -0.471. The maximum absolute atomic E-state index is 13.1. The average Bonchev–Trinajstić information content (AvgIpc) is 2.76. The summed E-state index contributed by atoms with van der Waals surface area (Å²) in [4.78, 5) is 39.8. The largest absolute Gasteiger partial charge is 0.503 e. The molecule has 2 amide bonds. The van der Waals surface area contributed by atoms with Crippen LogP contribution in [-0.2, 0) is 17.9 Å². The molecule has 8 heteroatoms. The normalized spacial score (nSPS) is 28.0. The molecule has 4 aliphatic rings. The number of hydrogen-bond acceptors (Lipinski definition) is 5. The molecule has 3 aliphatic carbocycles.